The van der Waals surface area contributed by atoms with Crippen LogP contribution < -0.4 is 5.73 Å². The number of hydrogen-bond acceptors (Lipinski definition) is 5. The van der Waals surface area contributed by atoms with Gasteiger partial charge in [-0.25, -0.2) is 9.79 Å². The average molecular weight is 230 g/mol. The third kappa shape index (κ3) is 37.6. The van der Waals surface area contributed by atoms with E-state index in [2.05, 4.69) is 9.89 Å². The van der Waals surface area contributed by atoms with Gasteiger partial charge in [-0.2, -0.15) is 0 Å². The molecule has 6 radical (unpaired) electrons. The molecule has 0 aromatic rings. The maximum atomic E-state index is 9.48. The van der Waals surface area contributed by atoms with E-state index in [9.17, 15) is 4.79 Å². The Labute approximate surface area is 106 Å². The molecule has 0 aliphatic heterocycles. The van der Waals surface area contributed by atoms with Gasteiger partial charge in [-0.05, 0) is 28.2 Å². The molecule has 94 valence electrons. The minimum atomic E-state index is 0. The van der Waals surface area contributed by atoms with Crippen molar-refractivity contribution in [3.63, 3.8) is 0 Å². The lowest BCUT2D eigenvalue weighted by Gasteiger charge is -2.03. The number of nitrogens with zero attached hydrogens (tertiary/aromatic N) is 3. The summed E-state index contributed by atoms with van der Waals surface area (Å²) < 4.78 is 0. The zero-order valence-electron chi connectivity index (χ0n) is 10.8. The minimum absolute atomic E-state index is 0. The zero-order chi connectivity index (χ0) is 11.4. The highest BCUT2D eigenvalue weighted by Crippen LogP contribution is 1.72. The molecule has 0 amide bonds. The number of rotatable bonds is 5. The monoisotopic (exact) mass is 230 g/mol. The van der Waals surface area contributed by atoms with E-state index in [-0.39, 0.29) is 19.7 Å². The van der Waals surface area contributed by atoms with Crippen LogP contribution in [0.3, 0.4) is 0 Å². The molecular formula is C9H26B2N4O. The van der Waals surface area contributed by atoms with Crippen LogP contribution in [-0.2, 0) is 4.79 Å². The third-order valence-electron chi connectivity index (χ3n) is 1.30. The van der Waals surface area contributed by atoms with Gasteiger partial charge in [-0.1, -0.05) is 0 Å². The second-order valence-corrected chi connectivity index (χ2v) is 3.37. The highest BCUT2D eigenvalue weighted by atomic mass is 16.1. The molecule has 0 unspecified atom stereocenters. The molecule has 0 spiro atoms. The van der Waals surface area contributed by atoms with Crippen molar-refractivity contribution in [1.82, 2.24) is 9.80 Å². The van der Waals surface area contributed by atoms with E-state index in [4.69, 9.17) is 5.73 Å². The van der Waals surface area contributed by atoms with Gasteiger partial charge >= 0.3 is 0 Å². The first kappa shape index (κ1) is 24.6. The summed E-state index contributed by atoms with van der Waals surface area (Å²) in [4.78, 5) is 16.9. The fourth-order valence-corrected chi connectivity index (χ4v) is 0.554. The standard InChI is InChI=1S/C5H10N2O.C4H12N2.2B.2H2/c1-7(2)4-3-6-5-8;1-6(2)4-3-5;;;;/h3-4H2,1-2H3;3-5H2,1-2H3;;;2*1H/i;;;;2*1+1. The van der Waals surface area contributed by atoms with Gasteiger partial charge in [-0.15, -0.1) is 0 Å². The summed E-state index contributed by atoms with van der Waals surface area (Å²) >= 11 is 0. The first-order valence-corrected chi connectivity index (χ1v) is 4.57. The van der Waals surface area contributed by atoms with Gasteiger partial charge in [0.15, 0.2) is 0 Å². The van der Waals surface area contributed by atoms with Crippen LogP contribution in [0.5, 0.6) is 0 Å². The summed E-state index contributed by atoms with van der Waals surface area (Å²) in [6.45, 7) is 3.11. The van der Waals surface area contributed by atoms with Crippen molar-refractivity contribution in [2.45, 2.75) is 0 Å². The van der Waals surface area contributed by atoms with Crippen LogP contribution in [0.15, 0.2) is 4.99 Å². The smallest absolute Gasteiger partial charge is 0.234 e. The first-order chi connectivity index (χ1) is 6.54. The summed E-state index contributed by atoms with van der Waals surface area (Å²) in [6, 6.07) is 0. The van der Waals surface area contributed by atoms with Gasteiger partial charge in [0.25, 0.3) is 0 Å². The summed E-state index contributed by atoms with van der Waals surface area (Å²) in [7, 11) is 7.88. The van der Waals surface area contributed by atoms with Crippen molar-refractivity contribution in [2.75, 3.05) is 54.4 Å². The Morgan fingerprint density at radius 1 is 1.12 bits per heavy atom. The molecule has 0 aliphatic rings. The van der Waals surface area contributed by atoms with Crippen molar-refractivity contribution < 1.29 is 7.65 Å². The van der Waals surface area contributed by atoms with Gasteiger partial charge in [0.2, 0.25) is 6.08 Å². The third-order valence-corrected chi connectivity index (χ3v) is 1.30. The summed E-state index contributed by atoms with van der Waals surface area (Å²) in [5.41, 5.74) is 5.19. The van der Waals surface area contributed by atoms with Crippen LogP contribution in [0.2, 0.25) is 0 Å². The molecule has 0 atom stereocenters. The number of hydrogen-bond donors (Lipinski definition) is 1. The molecule has 0 heterocycles. The number of likely N-dealkylation sites (N-methyl/N-ethyl adjacent to an activating group) is 2. The molecule has 0 saturated heterocycles. The van der Waals surface area contributed by atoms with E-state index in [1.807, 2.05) is 33.1 Å². The molecule has 5 nitrogen and oxygen atoms in total. The minimum Gasteiger partial charge on any atom is -0.329 e. The maximum Gasteiger partial charge on any atom is 0.234 e. The van der Waals surface area contributed by atoms with E-state index >= 15 is 0 Å². The Morgan fingerprint density at radius 3 is 1.75 bits per heavy atom. The van der Waals surface area contributed by atoms with Crippen molar-refractivity contribution >= 4 is 22.9 Å². The van der Waals surface area contributed by atoms with Crippen molar-refractivity contribution in [2.24, 2.45) is 10.7 Å². The van der Waals surface area contributed by atoms with Crippen LogP contribution in [0.4, 0.5) is 0 Å². The SMILES string of the molecule is CN(C)CCN.CN(C)CCN=C=O.[2HH].[2HH].[B].[B]. The zero-order valence-corrected chi connectivity index (χ0v) is 10.8. The fourth-order valence-electron chi connectivity index (χ4n) is 0.554. The number of nitrogens with two attached hydrogens (primary N) is 1. The predicted octanol–water partition coefficient (Wildman–Crippen LogP) is -0.879. The van der Waals surface area contributed by atoms with Crippen LogP contribution in [0, 0.1) is 0 Å². The van der Waals surface area contributed by atoms with E-state index in [0.29, 0.717) is 6.54 Å². The molecule has 2 N–H and O–H groups in total. The second-order valence-electron chi connectivity index (χ2n) is 3.37. The van der Waals surface area contributed by atoms with Crippen LogP contribution in [0.1, 0.15) is 2.85 Å². The Balaban J connectivity index is -0.0000000335. The topological polar surface area (TPSA) is 61.9 Å². The second kappa shape index (κ2) is 19.9. The summed E-state index contributed by atoms with van der Waals surface area (Å²) in [5, 5.41) is 0. The summed E-state index contributed by atoms with van der Waals surface area (Å²) in [6.07, 6.45) is 1.47. The van der Waals surface area contributed by atoms with Gasteiger partial charge in [0.05, 0.1) is 6.54 Å². The molecule has 0 saturated carbocycles. The maximum absolute atomic E-state index is 9.48. The van der Waals surface area contributed by atoms with Gasteiger partial charge < -0.3 is 15.5 Å². The average Bonchev–Trinajstić information content (AvgIpc) is 2.05. The molecule has 0 aromatic carbocycles. The lowest BCUT2D eigenvalue weighted by atomic mass is 10.6. The molecule has 0 rings (SSSR count). The molecular weight excluding hydrogens is 202 g/mol. The highest BCUT2D eigenvalue weighted by Gasteiger charge is 1.83. The van der Waals surface area contributed by atoms with Crippen molar-refractivity contribution in [1.29, 1.82) is 0 Å². The Hall–Kier alpha value is -0.610. The lowest BCUT2D eigenvalue weighted by molar-refractivity contribution is 0.420. The largest absolute Gasteiger partial charge is 0.329 e. The van der Waals surface area contributed by atoms with Gasteiger partial charge in [0, 0.05) is 39.3 Å². The molecule has 7 heteroatoms. The van der Waals surface area contributed by atoms with Crippen LogP contribution in [-0.4, -0.2) is 87.1 Å². The highest BCUT2D eigenvalue weighted by molar-refractivity contribution is 5.76. The van der Waals surface area contributed by atoms with E-state index in [1.54, 1.807) is 0 Å². The van der Waals surface area contributed by atoms with Crippen LogP contribution >= 0.6 is 0 Å². The Morgan fingerprint density at radius 2 is 1.56 bits per heavy atom. The van der Waals surface area contributed by atoms with Gasteiger partial charge in [-0.3, -0.25) is 0 Å². The van der Waals surface area contributed by atoms with E-state index < -0.39 is 0 Å². The fraction of sp³-hybridized carbons (Fsp3) is 0.889. The molecule has 0 bridgehead atoms. The molecule has 0 aromatic heterocycles. The van der Waals surface area contributed by atoms with Crippen molar-refractivity contribution in [3.8, 4) is 0 Å². The Bertz CT molecular complexity index is 171. The first-order valence-electron chi connectivity index (χ1n) is 4.57. The molecule has 0 fully saturated rings. The molecule has 16 heavy (non-hydrogen) atoms. The summed E-state index contributed by atoms with van der Waals surface area (Å²) in [5.74, 6) is 0. The predicted molar refractivity (Wildman–Crippen MR) is 74.9 cm³/mol. The van der Waals surface area contributed by atoms with E-state index in [1.165, 1.54) is 6.08 Å². The normalized spacial score (nSPS) is 8.19. The Kier molecular flexibility index (Phi) is 30.5. The molecule has 0 aliphatic carbocycles. The van der Waals surface area contributed by atoms with Crippen molar-refractivity contribution in [3.05, 3.63) is 0 Å². The van der Waals surface area contributed by atoms with Gasteiger partial charge in [0.1, 0.15) is 0 Å². The number of isocyanates is 1. The van der Waals surface area contributed by atoms with Crippen LogP contribution in [0.25, 0.3) is 0 Å². The number of aliphatic imine (C=N–C) groups is 1. The number of carbonyl (C=O) groups excluding carboxylic acids is 1. The van der Waals surface area contributed by atoms with E-state index in [0.717, 1.165) is 19.6 Å². The lowest BCUT2D eigenvalue weighted by Crippen LogP contribution is -2.20. The quantitative estimate of drug-likeness (QED) is 0.378.